The van der Waals surface area contributed by atoms with E-state index in [0.29, 0.717) is 11.7 Å². The van der Waals surface area contributed by atoms with Gasteiger partial charge in [-0.3, -0.25) is 0 Å². The highest BCUT2D eigenvalue weighted by Crippen LogP contribution is 2.25. The average molecular weight is 254 g/mol. The molecule has 5 heteroatoms. The van der Waals surface area contributed by atoms with E-state index in [1.165, 1.54) is 0 Å². The van der Waals surface area contributed by atoms with Crippen LogP contribution in [0.15, 0.2) is 59.4 Å². The zero-order valence-electron chi connectivity index (χ0n) is 10.3. The second kappa shape index (κ2) is 5.07. The van der Waals surface area contributed by atoms with E-state index in [9.17, 15) is 0 Å². The molecule has 96 valence electrons. The lowest BCUT2D eigenvalue weighted by Gasteiger charge is -2.15. The van der Waals surface area contributed by atoms with Crippen LogP contribution in [0.2, 0.25) is 0 Å². The van der Waals surface area contributed by atoms with Gasteiger partial charge in [-0.2, -0.15) is 4.98 Å². The molecule has 0 saturated carbocycles. The molecule has 2 N–H and O–H groups in total. The van der Waals surface area contributed by atoms with Gasteiger partial charge in [-0.05, 0) is 17.7 Å². The van der Waals surface area contributed by atoms with E-state index in [2.05, 4.69) is 10.1 Å². The predicted octanol–water partition coefficient (Wildman–Crippen LogP) is 1.97. The fourth-order valence-electron chi connectivity index (χ4n) is 2.06. The third-order valence-electron chi connectivity index (χ3n) is 2.94. The van der Waals surface area contributed by atoms with E-state index in [1.807, 2.05) is 59.4 Å². The molecule has 0 fully saturated rings. The van der Waals surface area contributed by atoms with Crippen LogP contribution in [0.3, 0.4) is 0 Å². The summed E-state index contributed by atoms with van der Waals surface area (Å²) in [4.78, 5) is 4.34. The van der Waals surface area contributed by atoms with Crippen molar-refractivity contribution >= 4 is 0 Å². The topological polar surface area (TPSA) is 69.9 Å². The van der Waals surface area contributed by atoms with Crippen molar-refractivity contribution in [2.24, 2.45) is 5.73 Å². The number of rotatable bonds is 4. The summed E-state index contributed by atoms with van der Waals surface area (Å²) in [5, 5.41) is 3.87. The lowest BCUT2D eigenvalue weighted by atomic mass is 10.1. The molecular formula is C14H14N4O. The van der Waals surface area contributed by atoms with Gasteiger partial charge in [0.25, 0.3) is 5.89 Å². The fraction of sp³-hybridized carbons (Fsp3) is 0.143. The highest BCUT2D eigenvalue weighted by atomic mass is 16.5. The first-order valence-corrected chi connectivity index (χ1v) is 6.08. The minimum Gasteiger partial charge on any atom is -0.338 e. The first-order valence-electron chi connectivity index (χ1n) is 6.08. The summed E-state index contributed by atoms with van der Waals surface area (Å²) in [7, 11) is 0. The third kappa shape index (κ3) is 2.28. The molecule has 0 aliphatic heterocycles. The molecule has 0 spiro atoms. The Balaban J connectivity index is 2.07. The summed E-state index contributed by atoms with van der Waals surface area (Å²) in [5.41, 5.74) is 6.62. The van der Waals surface area contributed by atoms with Crippen LogP contribution < -0.4 is 5.73 Å². The zero-order valence-corrected chi connectivity index (χ0v) is 10.3. The fourth-order valence-corrected chi connectivity index (χ4v) is 2.06. The Bertz CT molecular complexity index is 631. The number of hydrogen-bond acceptors (Lipinski definition) is 4. The van der Waals surface area contributed by atoms with Gasteiger partial charge in [-0.15, -0.1) is 0 Å². The highest BCUT2D eigenvalue weighted by Gasteiger charge is 2.21. The van der Waals surface area contributed by atoms with Crippen molar-refractivity contribution < 1.29 is 4.52 Å². The molecule has 1 atom stereocenters. The molecule has 0 bridgehead atoms. The number of nitrogens with zero attached hydrogens (tertiary/aromatic N) is 3. The first kappa shape index (κ1) is 11.7. The van der Waals surface area contributed by atoms with Gasteiger partial charge in [0.2, 0.25) is 0 Å². The van der Waals surface area contributed by atoms with Crippen molar-refractivity contribution in [3.8, 4) is 0 Å². The Morgan fingerprint density at radius 1 is 1.11 bits per heavy atom. The normalized spacial score (nSPS) is 12.5. The van der Waals surface area contributed by atoms with Crippen molar-refractivity contribution in [3.05, 3.63) is 72.1 Å². The van der Waals surface area contributed by atoms with E-state index < -0.39 is 0 Å². The lowest BCUT2D eigenvalue weighted by Crippen LogP contribution is -2.11. The summed E-state index contributed by atoms with van der Waals surface area (Å²) in [5.74, 6) is 1.06. The average Bonchev–Trinajstić information content (AvgIpc) is 3.12. The summed E-state index contributed by atoms with van der Waals surface area (Å²) in [6.45, 7) is 0.274. The van der Waals surface area contributed by atoms with Gasteiger partial charge in [0.1, 0.15) is 6.04 Å². The zero-order chi connectivity index (χ0) is 13.1. The van der Waals surface area contributed by atoms with Crippen molar-refractivity contribution in [2.45, 2.75) is 12.6 Å². The minimum atomic E-state index is -0.121. The maximum absolute atomic E-state index is 5.53. The van der Waals surface area contributed by atoms with Crippen LogP contribution in [-0.2, 0) is 6.54 Å². The van der Waals surface area contributed by atoms with Gasteiger partial charge in [-0.25, -0.2) is 0 Å². The molecule has 0 aliphatic carbocycles. The van der Waals surface area contributed by atoms with Crippen LogP contribution in [0.5, 0.6) is 0 Å². The molecule has 1 aromatic carbocycles. The summed E-state index contributed by atoms with van der Waals surface area (Å²) in [6, 6.07) is 13.9. The SMILES string of the molecule is NCc1noc(C(c2ccccc2)n2cccc2)n1. The van der Waals surface area contributed by atoms with E-state index in [-0.39, 0.29) is 12.6 Å². The quantitative estimate of drug-likeness (QED) is 0.772. The van der Waals surface area contributed by atoms with Crippen molar-refractivity contribution in [2.75, 3.05) is 0 Å². The molecule has 5 nitrogen and oxygen atoms in total. The standard InChI is InChI=1S/C14H14N4O/c15-10-12-16-14(19-17-12)13(18-8-4-5-9-18)11-6-2-1-3-7-11/h1-9,13H,10,15H2. The van der Waals surface area contributed by atoms with Gasteiger partial charge in [0.15, 0.2) is 5.82 Å². The van der Waals surface area contributed by atoms with E-state index in [4.69, 9.17) is 10.3 Å². The maximum atomic E-state index is 5.53. The Hall–Kier alpha value is -2.40. The second-order valence-electron chi connectivity index (χ2n) is 4.20. The summed E-state index contributed by atoms with van der Waals surface area (Å²) >= 11 is 0. The third-order valence-corrected chi connectivity index (χ3v) is 2.94. The van der Waals surface area contributed by atoms with E-state index >= 15 is 0 Å². The van der Waals surface area contributed by atoms with Gasteiger partial charge >= 0.3 is 0 Å². The van der Waals surface area contributed by atoms with Crippen LogP contribution in [0.4, 0.5) is 0 Å². The van der Waals surface area contributed by atoms with Crippen molar-refractivity contribution in [1.82, 2.24) is 14.7 Å². The van der Waals surface area contributed by atoms with E-state index in [1.54, 1.807) is 0 Å². The molecule has 3 rings (SSSR count). The van der Waals surface area contributed by atoms with Gasteiger partial charge in [0.05, 0.1) is 6.54 Å². The second-order valence-corrected chi connectivity index (χ2v) is 4.20. The van der Waals surface area contributed by atoms with Crippen LogP contribution in [0.1, 0.15) is 23.3 Å². The van der Waals surface area contributed by atoms with Crippen molar-refractivity contribution in [3.63, 3.8) is 0 Å². The summed E-state index contributed by atoms with van der Waals surface area (Å²) in [6.07, 6.45) is 3.95. The van der Waals surface area contributed by atoms with Crippen LogP contribution in [0, 0.1) is 0 Å². The predicted molar refractivity (Wildman–Crippen MR) is 70.3 cm³/mol. The lowest BCUT2D eigenvalue weighted by molar-refractivity contribution is 0.349. The largest absolute Gasteiger partial charge is 0.338 e. The van der Waals surface area contributed by atoms with Crippen LogP contribution >= 0.6 is 0 Å². The molecule has 19 heavy (non-hydrogen) atoms. The van der Waals surface area contributed by atoms with E-state index in [0.717, 1.165) is 5.56 Å². The first-order chi connectivity index (χ1) is 9.38. The number of aromatic nitrogens is 3. The van der Waals surface area contributed by atoms with Gasteiger partial charge in [-0.1, -0.05) is 35.5 Å². The molecule has 2 heterocycles. The maximum Gasteiger partial charge on any atom is 0.254 e. The Labute approximate surface area is 110 Å². The van der Waals surface area contributed by atoms with Crippen LogP contribution in [0.25, 0.3) is 0 Å². The van der Waals surface area contributed by atoms with Crippen molar-refractivity contribution in [1.29, 1.82) is 0 Å². The Morgan fingerprint density at radius 2 is 1.84 bits per heavy atom. The van der Waals surface area contributed by atoms with Gasteiger partial charge < -0.3 is 14.8 Å². The molecule has 2 aromatic heterocycles. The Kier molecular flexibility index (Phi) is 3.12. The summed E-state index contributed by atoms with van der Waals surface area (Å²) < 4.78 is 7.36. The smallest absolute Gasteiger partial charge is 0.254 e. The van der Waals surface area contributed by atoms with Crippen LogP contribution in [-0.4, -0.2) is 14.7 Å². The number of benzene rings is 1. The minimum absolute atomic E-state index is 0.121. The highest BCUT2D eigenvalue weighted by molar-refractivity contribution is 5.25. The molecule has 1 unspecified atom stereocenters. The Morgan fingerprint density at radius 3 is 2.47 bits per heavy atom. The number of nitrogens with two attached hydrogens (primary N) is 1. The molecule has 0 saturated heterocycles. The molecule has 0 amide bonds. The molecule has 0 aliphatic rings. The number of hydrogen-bond donors (Lipinski definition) is 1. The monoisotopic (exact) mass is 254 g/mol. The molecular weight excluding hydrogens is 240 g/mol. The molecule has 0 radical (unpaired) electrons. The van der Waals surface area contributed by atoms with Gasteiger partial charge in [0, 0.05) is 12.4 Å². The molecule has 3 aromatic rings.